The lowest BCUT2D eigenvalue weighted by Gasteiger charge is -2.00. The van der Waals surface area contributed by atoms with Crippen LogP contribution < -0.4 is 4.74 Å². The number of aryl methyl sites for hydroxylation is 2. The van der Waals surface area contributed by atoms with E-state index in [1.807, 2.05) is 0 Å². The first-order valence-electron chi connectivity index (χ1n) is 3.27. The molecule has 1 aromatic rings. The third-order valence-electron chi connectivity index (χ3n) is 1.13. The summed E-state index contributed by atoms with van der Waals surface area (Å²) < 4.78 is 4.55. The van der Waals surface area contributed by atoms with Crippen LogP contribution in [0.2, 0.25) is 0 Å². The van der Waals surface area contributed by atoms with Gasteiger partial charge in [-0.3, -0.25) is 0 Å². The Balaban J connectivity index is 2.93. The maximum atomic E-state index is 10.3. The van der Waals surface area contributed by atoms with Gasteiger partial charge in [-0.25, -0.2) is 9.78 Å². The molecule has 4 nitrogen and oxygen atoms in total. The zero-order valence-electron chi connectivity index (χ0n) is 6.67. The summed E-state index contributed by atoms with van der Waals surface area (Å²) in [7, 11) is 0. The van der Waals surface area contributed by atoms with Crippen LogP contribution >= 0.6 is 11.6 Å². The Morgan fingerprint density at radius 3 is 2.67 bits per heavy atom. The standard InChI is InChI=1S/C7H7ClN2O2/c1-4-3-6(12-7(8)11)10-5(2)9-4/h3H,1-2H3. The number of rotatable bonds is 1. The maximum absolute atomic E-state index is 10.3. The maximum Gasteiger partial charge on any atom is 0.410 e. The van der Waals surface area contributed by atoms with Crippen LogP contribution in [-0.2, 0) is 0 Å². The van der Waals surface area contributed by atoms with Gasteiger partial charge < -0.3 is 4.74 Å². The van der Waals surface area contributed by atoms with Crippen LogP contribution in [-0.4, -0.2) is 15.4 Å². The van der Waals surface area contributed by atoms with E-state index in [1.165, 1.54) is 6.07 Å². The second-order valence-electron chi connectivity index (χ2n) is 2.23. The molecule has 1 aromatic heterocycles. The van der Waals surface area contributed by atoms with E-state index in [9.17, 15) is 4.79 Å². The van der Waals surface area contributed by atoms with Crippen molar-refractivity contribution in [1.82, 2.24) is 9.97 Å². The summed E-state index contributed by atoms with van der Waals surface area (Å²) in [5.41, 5.74) is -0.164. The predicted molar refractivity (Wildman–Crippen MR) is 43.4 cm³/mol. The van der Waals surface area contributed by atoms with Crippen LogP contribution in [0.5, 0.6) is 5.88 Å². The van der Waals surface area contributed by atoms with E-state index in [1.54, 1.807) is 13.8 Å². The van der Waals surface area contributed by atoms with E-state index in [-0.39, 0.29) is 5.88 Å². The van der Waals surface area contributed by atoms with Crippen molar-refractivity contribution < 1.29 is 9.53 Å². The van der Waals surface area contributed by atoms with Crippen LogP contribution in [0.25, 0.3) is 0 Å². The normalized spacial score (nSPS) is 9.58. The summed E-state index contributed by atoms with van der Waals surface area (Å²) >= 11 is 5.00. The number of carbonyl (C=O) groups excluding carboxylic acids is 1. The fourth-order valence-electron chi connectivity index (χ4n) is 0.817. The van der Waals surface area contributed by atoms with E-state index in [2.05, 4.69) is 14.7 Å². The summed E-state index contributed by atoms with van der Waals surface area (Å²) in [4.78, 5) is 18.2. The Morgan fingerprint density at radius 1 is 1.50 bits per heavy atom. The number of nitrogens with zero attached hydrogens (tertiary/aromatic N) is 2. The third kappa shape index (κ3) is 2.47. The molecule has 0 aromatic carbocycles. The van der Waals surface area contributed by atoms with E-state index in [4.69, 9.17) is 11.6 Å². The van der Waals surface area contributed by atoms with Crippen molar-refractivity contribution in [3.8, 4) is 5.88 Å². The molecule has 0 aliphatic heterocycles. The average molecular weight is 187 g/mol. The lowest BCUT2D eigenvalue weighted by Crippen LogP contribution is -2.01. The minimum atomic E-state index is -0.896. The molecule has 0 amide bonds. The Labute approximate surface area is 74.5 Å². The van der Waals surface area contributed by atoms with E-state index >= 15 is 0 Å². The minimum Gasteiger partial charge on any atom is -0.395 e. The lowest BCUT2D eigenvalue weighted by molar-refractivity contribution is 0.223. The van der Waals surface area contributed by atoms with Gasteiger partial charge in [0.25, 0.3) is 0 Å². The zero-order valence-corrected chi connectivity index (χ0v) is 7.42. The Kier molecular flexibility index (Phi) is 2.60. The quantitative estimate of drug-likeness (QED) is 0.628. The van der Waals surface area contributed by atoms with Gasteiger partial charge in [0.15, 0.2) is 0 Å². The minimum absolute atomic E-state index is 0.181. The molecule has 0 radical (unpaired) electrons. The number of carbonyl (C=O) groups is 1. The molecule has 0 saturated carbocycles. The largest absolute Gasteiger partial charge is 0.410 e. The molecule has 1 rings (SSSR count). The van der Waals surface area contributed by atoms with Crippen molar-refractivity contribution in [2.75, 3.05) is 0 Å². The van der Waals surface area contributed by atoms with Gasteiger partial charge in [0.1, 0.15) is 5.82 Å². The van der Waals surface area contributed by atoms with Gasteiger partial charge >= 0.3 is 5.43 Å². The van der Waals surface area contributed by atoms with Crippen LogP contribution in [0.1, 0.15) is 11.5 Å². The molecule has 0 atom stereocenters. The van der Waals surface area contributed by atoms with Crippen molar-refractivity contribution >= 4 is 17.0 Å². The van der Waals surface area contributed by atoms with Gasteiger partial charge in [0, 0.05) is 23.4 Å². The van der Waals surface area contributed by atoms with Gasteiger partial charge in [-0.15, -0.1) is 0 Å². The fourth-order valence-corrected chi connectivity index (χ4v) is 0.896. The molecule has 0 fully saturated rings. The van der Waals surface area contributed by atoms with Crippen molar-refractivity contribution in [2.24, 2.45) is 0 Å². The van der Waals surface area contributed by atoms with E-state index in [0.717, 1.165) is 5.69 Å². The van der Waals surface area contributed by atoms with Crippen LogP contribution in [0.3, 0.4) is 0 Å². The molecule has 0 aliphatic carbocycles. The highest BCUT2D eigenvalue weighted by Crippen LogP contribution is 2.09. The Bertz CT molecular complexity index is 294. The number of hydrogen-bond acceptors (Lipinski definition) is 4. The van der Waals surface area contributed by atoms with Gasteiger partial charge in [0.05, 0.1) is 0 Å². The molecule has 1 heterocycles. The van der Waals surface area contributed by atoms with Crippen molar-refractivity contribution in [3.63, 3.8) is 0 Å². The molecule has 0 bridgehead atoms. The van der Waals surface area contributed by atoms with Gasteiger partial charge in [-0.2, -0.15) is 4.98 Å². The van der Waals surface area contributed by atoms with Crippen molar-refractivity contribution in [1.29, 1.82) is 0 Å². The number of hydrogen-bond donors (Lipinski definition) is 0. The highest BCUT2D eigenvalue weighted by Gasteiger charge is 2.03. The van der Waals surface area contributed by atoms with Crippen molar-refractivity contribution in [3.05, 3.63) is 17.6 Å². The van der Waals surface area contributed by atoms with Crippen LogP contribution in [0.15, 0.2) is 6.07 Å². The number of aromatic nitrogens is 2. The van der Waals surface area contributed by atoms with Crippen LogP contribution in [0, 0.1) is 13.8 Å². The fraction of sp³-hybridized carbons (Fsp3) is 0.286. The molecule has 0 unspecified atom stereocenters. The smallest absolute Gasteiger partial charge is 0.395 e. The second-order valence-corrected chi connectivity index (χ2v) is 2.54. The molecule has 64 valence electrons. The van der Waals surface area contributed by atoms with Gasteiger partial charge in [-0.1, -0.05) is 0 Å². The van der Waals surface area contributed by atoms with Gasteiger partial charge in [0.2, 0.25) is 5.88 Å². The summed E-state index contributed by atoms with van der Waals surface area (Å²) in [5.74, 6) is 0.725. The molecule has 0 N–H and O–H groups in total. The number of ether oxygens (including phenoxy) is 1. The predicted octanol–water partition coefficient (Wildman–Crippen LogP) is 1.83. The highest BCUT2D eigenvalue weighted by atomic mass is 35.5. The highest BCUT2D eigenvalue weighted by molar-refractivity contribution is 6.61. The molecular formula is C7H7ClN2O2. The molecule has 5 heteroatoms. The summed E-state index contributed by atoms with van der Waals surface area (Å²) in [6, 6.07) is 1.54. The molecule has 12 heavy (non-hydrogen) atoms. The molecule has 0 saturated heterocycles. The first kappa shape index (κ1) is 8.93. The molecule has 0 spiro atoms. The summed E-state index contributed by atoms with van der Waals surface area (Å²) in [6.07, 6.45) is 0. The lowest BCUT2D eigenvalue weighted by atomic mass is 10.4. The number of halogens is 1. The summed E-state index contributed by atoms with van der Waals surface area (Å²) in [5, 5.41) is 0. The Hall–Kier alpha value is -1.16. The van der Waals surface area contributed by atoms with Crippen LogP contribution in [0.4, 0.5) is 4.79 Å². The summed E-state index contributed by atoms with van der Waals surface area (Å²) in [6.45, 7) is 3.48. The monoisotopic (exact) mass is 186 g/mol. The molecular weight excluding hydrogens is 180 g/mol. The Morgan fingerprint density at radius 2 is 2.17 bits per heavy atom. The topological polar surface area (TPSA) is 52.1 Å². The zero-order chi connectivity index (χ0) is 9.14. The van der Waals surface area contributed by atoms with Crippen molar-refractivity contribution in [2.45, 2.75) is 13.8 Å². The second kappa shape index (κ2) is 3.49. The van der Waals surface area contributed by atoms with E-state index in [0.29, 0.717) is 5.82 Å². The first-order chi connectivity index (χ1) is 5.58. The van der Waals surface area contributed by atoms with E-state index < -0.39 is 5.43 Å². The third-order valence-corrected chi connectivity index (χ3v) is 1.20. The van der Waals surface area contributed by atoms with Gasteiger partial charge in [-0.05, 0) is 13.8 Å². The first-order valence-corrected chi connectivity index (χ1v) is 3.65. The average Bonchev–Trinajstić information content (AvgIpc) is 1.81. The SMILES string of the molecule is Cc1cc(OC(=O)Cl)nc(C)n1. The molecule has 0 aliphatic rings.